The van der Waals surface area contributed by atoms with E-state index >= 15 is 0 Å². The molecule has 3 aromatic carbocycles. The van der Waals surface area contributed by atoms with Crippen LogP contribution < -0.4 is 10.2 Å². The maximum atomic E-state index is 11.9. The van der Waals surface area contributed by atoms with E-state index in [0.29, 0.717) is 15.8 Å². The number of carbonyl (C=O) groups is 1. The number of amides is 1. The first kappa shape index (κ1) is 20.9. The van der Waals surface area contributed by atoms with E-state index in [2.05, 4.69) is 42.4 Å². The molecule has 0 unspecified atom stereocenters. The molecule has 0 bridgehead atoms. The third kappa shape index (κ3) is 5.36. The number of hydrogen-bond acceptors (Lipinski definition) is 5. The number of ether oxygens (including phenoxy) is 1. The minimum Gasteiger partial charge on any atom is -0.506 e. The van der Waals surface area contributed by atoms with Crippen LogP contribution in [0.25, 0.3) is 11.1 Å². The second kappa shape index (κ2) is 9.58. The summed E-state index contributed by atoms with van der Waals surface area (Å²) in [6.07, 6.45) is 1.26. The summed E-state index contributed by atoms with van der Waals surface area (Å²) < 4.78 is 5.95. The van der Waals surface area contributed by atoms with Crippen molar-refractivity contribution in [2.75, 3.05) is 6.61 Å². The molecule has 0 radical (unpaired) electrons. The smallest absolute Gasteiger partial charge is 0.277 e. The van der Waals surface area contributed by atoms with Crippen LogP contribution >= 0.6 is 31.9 Å². The number of carbonyl (C=O) groups excluding carboxylic acids is 1. The summed E-state index contributed by atoms with van der Waals surface area (Å²) in [5.74, 6) is -0.216. The molecule has 29 heavy (non-hydrogen) atoms. The van der Waals surface area contributed by atoms with Gasteiger partial charge in [0.05, 0.1) is 10.7 Å². The zero-order valence-electron chi connectivity index (χ0n) is 15.0. The summed E-state index contributed by atoms with van der Waals surface area (Å²) in [4.78, 5) is 11.9. The van der Waals surface area contributed by atoms with Gasteiger partial charge in [-0.2, -0.15) is 5.10 Å². The van der Waals surface area contributed by atoms with Crippen LogP contribution in [0, 0.1) is 0 Å². The molecule has 0 aliphatic heterocycles. The molecular formula is C21H16Br2N2O4. The third-order valence-electron chi connectivity index (χ3n) is 3.92. The van der Waals surface area contributed by atoms with Crippen LogP contribution in [0.3, 0.4) is 0 Å². The number of halogens is 2. The predicted octanol–water partition coefficient (Wildman–Crippen LogP) is 4.82. The van der Waals surface area contributed by atoms with Crippen LogP contribution in [0.1, 0.15) is 5.56 Å². The lowest BCUT2D eigenvalue weighted by Crippen LogP contribution is -2.24. The highest BCUT2D eigenvalue weighted by atomic mass is 79.9. The summed E-state index contributed by atoms with van der Waals surface area (Å²) in [6.45, 7) is -0.211. The van der Waals surface area contributed by atoms with E-state index in [4.69, 9.17) is 4.74 Å². The van der Waals surface area contributed by atoms with Gasteiger partial charge in [-0.1, -0.05) is 42.5 Å². The molecular weight excluding hydrogens is 504 g/mol. The Morgan fingerprint density at radius 2 is 1.66 bits per heavy atom. The topological polar surface area (TPSA) is 91.2 Å². The number of nitrogens with one attached hydrogen (secondary N) is 1. The molecule has 0 heterocycles. The van der Waals surface area contributed by atoms with Crippen molar-refractivity contribution in [3.63, 3.8) is 0 Å². The fourth-order valence-corrected chi connectivity index (χ4v) is 3.60. The van der Waals surface area contributed by atoms with Gasteiger partial charge < -0.3 is 14.9 Å². The lowest BCUT2D eigenvalue weighted by molar-refractivity contribution is -0.123. The molecule has 6 nitrogen and oxygen atoms in total. The molecule has 148 valence electrons. The summed E-state index contributed by atoms with van der Waals surface area (Å²) in [6, 6.07) is 18.8. The number of hydrazone groups is 1. The Kier molecular flexibility index (Phi) is 6.90. The van der Waals surface area contributed by atoms with Gasteiger partial charge in [-0.05, 0) is 61.2 Å². The van der Waals surface area contributed by atoms with Crippen molar-refractivity contribution in [3.05, 3.63) is 75.2 Å². The first-order valence-corrected chi connectivity index (χ1v) is 10.0. The predicted molar refractivity (Wildman–Crippen MR) is 118 cm³/mol. The second-order valence-corrected chi connectivity index (χ2v) is 7.58. The van der Waals surface area contributed by atoms with Gasteiger partial charge in [0, 0.05) is 5.56 Å². The van der Waals surface area contributed by atoms with Crippen molar-refractivity contribution in [3.8, 4) is 28.4 Å². The van der Waals surface area contributed by atoms with E-state index in [1.54, 1.807) is 12.1 Å². The first-order chi connectivity index (χ1) is 14.0. The maximum Gasteiger partial charge on any atom is 0.277 e. The molecule has 0 aliphatic rings. The highest BCUT2D eigenvalue weighted by Gasteiger charge is 2.12. The molecule has 0 aromatic heterocycles. The Morgan fingerprint density at radius 3 is 2.34 bits per heavy atom. The van der Waals surface area contributed by atoms with Crippen molar-refractivity contribution >= 4 is 44.0 Å². The van der Waals surface area contributed by atoms with Gasteiger partial charge in [0.2, 0.25) is 0 Å². The highest BCUT2D eigenvalue weighted by molar-refractivity contribution is 9.11. The highest BCUT2D eigenvalue weighted by Crippen LogP contribution is 2.40. The zero-order chi connectivity index (χ0) is 20.8. The van der Waals surface area contributed by atoms with Crippen LogP contribution in [0.15, 0.2) is 74.7 Å². The van der Waals surface area contributed by atoms with Gasteiger partial charge in [-0.25, -0.2) is 5.43 Å². The Hall–Kier alpha value is -2.84. The standard InChI is InChI=1S/C21H16Br2N2O4/c22-17-10-15(20(27)19(23)21(17)28)11-24-25-18(26)12-29-16-8-6-14(7-9-16)13-4-2-1-3-5-13/h1-11,27-28H,12H2,(H,25,26)/b24-11-. The molecule has 3 rings (SSSR count). The lowest BCUT2D eigenvalue weighted by Gasteiger charge is -2.07. The molecule has 0 saturated carbocycles. The van der Waals surface area contributed by atoms with Gasteiger partial charge in [0.1, 0.15) is 21.7 Å². The number of aromatic hydroxyl groups is 2. The van der Waals surface area contributed by atoms with Crippen molar-refractivity contribution < 1.29 is 19.7 Å². The summed E-state index contributed by atoms with van der Waals surface area (Å²) in [7, 11) is 0. The van der Waals surface area contributed by atoms with Crippen LogP contribution in [0.5, 0.6) is 17.2 Å². The number of hydrogen-bond donors (Lipinski definition) is 3. The third-order valence-corrected chi connectivity index (χ3v) is 5.28. The lowest BCUT2D eigenvalue weighted by atomic mass is 10.1. The minimum absolute atomic E-state index is 0.127. The largest absolute Gasteiger partial charge is 0.506 e. The molecule has 0 fully saturated rings. The Bertz CT molecular complexity index is 1040. The fraction of sp³-hybridized carbons (Fsp3) is 0.0476. The first-order valence-electron chi connectivity index (χ1n) is 8.46. The van der Waals surface area contributed by atoms with E-state index in [0.717, 1.165) is 11.1 Å². The van der Waals surface area contributed by atoms with Gasteiger partial charge in [0.25, 0.3) is 5.91 Å². The SMILES string of the molecule is O=C(COc1ccc(-c2ccccc2)cc1)N/N=C\c1cc(Br)c(O)c(Br)c1O. The van der Waals surface area contributed by atoms with Crippen LogP contribution in [-0.2, 0) is 4.79 Å². The van der Waals surface area contributed by atoms with Gasteiger partial charge in [-0.3, -0.25) is 4.79 Å². The van der Waals surface area contributed by atoms with Crippen LogP contribution in [-0.4, -0.2) is 28.9 Å². The molecule has 8 heteroatoms. The molecule has 0 atom stereocenters. The number of benzene rings is 3. The van der Waals surface area contributed by atoms with E-state index in [-0.39, 0.29) is 22.6 Å². The molecule has 3 aromatic rings. The number of nitrogens with zero attached hydrogens (tertiary/aromatic N) is 1. The Morgan fingerprint density at radius 1 is 1.00 bits per heavy atom. The monoisotopic (exact) mass is 518 g/mol. The van der Waals surface area contributed by atoms with Crippen LogP contribution in [0.4, 0.5) is 0 Å². The zero-order valence-corrected chi connectivity index (χ0v) is 18.1. The number of rotatable bonds is 6. The van der Waals surface area contributed by atoms with Gasteiger partial charge in [0.15, 0.2) is 6.61 Å². The molecule has 0 aliphatic carbocycles. The summed E-state index contributed by atoms with van der Waals surface area (Å²) >= 11 is 6.24. The maximum absolute atomic E-state index is 11.9. The van der Waals surface area contributed by atoms with E-state index in [1.807, 2.05) is 42.5 Å². The van der Waals surface area contributed by atoms with Crippen molar-refractivity contribution in [2.24, 2.45) is 5.10 Å². The molecule has 3 N–H and O–H groups in total. The quantitative estimate of drug-likeness (QED) is 0.321. The average molecular weight is 520 g/mol. The number of phenols is 2. The van der Waals surface area contributed by atoms with E-state index in [9.17, 15) is 15.0 Å². The second-order valence-electron chi connectivity index (χ2n) is 5.93. The van der Waals surface area contributed by atoms with Crippen molar-refractivity contribution in [1.82, 2.24) is 5.43 Å². The van der Waals surface area contributed by atoms with Crippen molar-refractivity contribution in [2.45, 2.75) is 0 Å². The normalized spacial score (nSPS) is 10.8. The van der Waals surface area contributed by atoms with E-state index in [1.165, 1.54) is 12.3 Å². The number of phenolic OH excluding ortho intramolecular Hbond substituents is 2. The Labute approximate surface area is 184 Å². The van der Waals surface area contributed by atoms with Gasteiger partial charge >= 0.3 is 0 Å². The Balaban J connectivity index is 1.53. The van der Waals surface area contributed by atoms with Crippen molar-refractivity contribution in [1.29, 1.82) is 0 Å². The van der Waals surface area contributed by atoms with Crippen LogP contribution in [0.2, 0.25) is 0 Å². The summed E-state index contributed by atoms with van der Waals surface area (Å²) in [5, 5.41) is 23.5. The molecule has 1 amide bonds. The average Bonchev–Trinajstić information content (AvgIpc) is 2.75. The van der Waals surface area contributed by atoms with E-state index < -0.39 is 5.91 Å². The fourth-order valence-electron chi connectivity index (χ4n) is 2.44. The molecule has 0 saturated heterocycles. The van der Waals surface area contributed by atoms with Gasteiger partial charge in [-0.15, -0.1) is 0 Å². The summed E-state index contributed by atoms with van der Waals surface area (Å²) in [5.41, 5.74) is 4.78. The minimum atomic E-state index is -0.454. The molecule has 0 spiro atoms.